The fourth-order valence-corrected chi connectivity index (χ4v) is 6.31. The number of carbonyl (C=O) groups is 1. The lowest BCUT2D eigenvalue weighted by molar-refractivity contribution is -0.146. The predicted octanol–water partition coefficient (Wildman–Crippen LogP) is 6.42. The van der Waals surface area contributed by atoms with Gasteiger partial charge in [-0.1, -0.05) is 15.9 Å². The third-order valence-electron chi connectivity index (χ3n) is 7.63. The van der Waals surface area contributed by atoms with Crippen molar-refractivity contribution in [1.82, 2.24) is 14.5 Å². The molecule has 37 heavy (non-hydrogen) atoms. The molecule has 0 aliphatic carbocycles. The van der Waals surface area contributed by atoms with Gasteiger partial charge in [0.2, 0.25) is 0 Å². The topological polar surface area (TPSA) is 84.0 Å². The number of piperidine rings is 1. The number of aryl methyl sites for hydroxylation is 4. The van der Waals surface area contributed by atoms with Crippen molar-refractivity contribution in [2.75, 3.05) is 24.6 Å². The number of ether oxygens (including phenoxy) is 1. The second-order valence-corrected chi connectivity index (χ2v) is 11.1. The average molecular weight is 567 g/mol. The van der Waals surface area contributed by atoms with E-state index in [1.165, 1.54) is 28.1 Å². The molecule has 1 unspecified atom stereocenters. The second kappa shape index (κ2) is 11.2. The van der Waals surface area contributed by atoms with Gasteiger partial charge in [-0.3, -0.25) is 9.36 Å². The first-order valence-electron chi connectivity index (χ1n) is 13.1. The van der Waals surface area contributed by atoms with E-state index in [4.69, 9.17) is 14.7 Å². The van der Waals surface area contributed by atoms with E-state index < -0.39 is 11.9 Å². The summed E-state index contributed by atoms with van der Waals surface area (Å²) in [5.74, 6) is 1.20. The van der Waals surface area contributed by atoms with Crippen molar-refractivity contribution in [3.05, 3.63) is 44.8 Å². The van der Waals surface area contributed by atoms with E-state index in [1.54, 1.807) is 6.92 Å². The Bertz CT molecular complexity index is 1340. The van der Waals surface area contributed by atoms with Crippen LogP contribution in [-0.2, 0) is 9.53 Å². The Balaban J connectivity index is 1.60. The Kier molecular flexibility index (Phi) is 8.23. The van der Waals surface area contributed by atoms with Crippen LogP contribution in [0, 0.1) is 57.8 Å². The molecule has 1 atom stereocenters. The molecule has 1 fully saturated rings. The van der Waals surface area contributed by atoms with Crippen LogP contribution in [0.2, 0.25) is 0 Å². The number of carbonyl (C=O) groups excluding carboxylic acids is 1. The molecule has 4 rings (SSSR count). The van der Waals surface area contributed by atoms with Crippen LogP contribution in [0.25, 0.3) is 16.7 Å². The van der Waals surface area contributed by atoms with Crippen molar-refractivity contribution in [3.63, 3.8) is 0 Å². The Morgan fingerprint density at radius 1 is 1.16 bits per heavy atom. The Morgan fingerprint density at radius 3 is 2.41 bits per heavy atom. The first-order valence-corrected chi connectivity index (χ1v) is 13.9. The summed E-state index contributed by atoms with van der Waals surface area (Å²) in [6, 6.07) is 6.43. The van der Waals surface area contributed by atoms with Crippen LogP contribution in [0.1, 0.15) is 60.8 Å². The fraction of sp³-hybridized carbons (Fsp3) is 0.517. The number of anilines is 1. The van der Waals surface area contributed by atoms with Gasteiger partial charge in [-0.25, -0.2) is 9.97 Å². The number of benzene rings is 1. The molecular formula is C29H36BrN5O2. The Labute approximate surface area is 228 Å². The summed E-state index contributed by atoms with van der Waals surface area (Å²) in [6.45, 7) is 14.5. The second-order valence-electron chi connectivity index (χ2n) is 10.2. The normalized spacial score (nSPS) is 15.1. The van der Waals surface area contributed by atoms with Crippen LogP contribution >= 0.6 is 15.9 Å². The molecular weight excluding hydrogens is 530 g/mol. The summed E-state index contributed by atoms with van der Waals surface area (Å²) in [5.41, 5.74) is 6.92. The number of hydrogen-bond donors (Lipinski definition) is 0. The lowest BCUT2D eigenvalue weighted by atomic mass is 9.89. The van der Waals surface area contributed by atoms with Crippen LogP contribution in [0.4, 0.5) is 5.82 Å². The maximum atomic E-state index is 12.0. The molecule has 196 valence electrons. The van der Waals surface area contributed by atoms with Crippen molar-refractivity contribution in [2.24, 2.45) is 11.8 Å². The zero-order chi connectivity index (χ0) is 26.9. The minimum atomic E-state index is -0.668. The smallest absolute Gasteiger partial charge is 0.323 e. The summed E-state index contributed by atoms with van der Waals surface area (Å²) in [5, 5.41) is 10.5. The average Bonchev–Trinajstić information content (AvgIpc) is 3.09. The lowest BCUT2D eigenvalue weighted by Crippen LogP contribution is -2.35. The van der Waals surface area contributed by atoms with Gasteiger partial charge in [0.1, 0.15) is 17.6 Å². The van der Waals surface area contributed by atoms with Crippen molar-refractivity contribution in [1.29, 1.82) is 5.26 Å². The van der Waals surface area contributed by atoms with Gasteiger partial charge in [-0.2, -0.15) is 5.26 Å². The highest BCUT2D eigenvalue weighted by Crippen LogP contribution is 2.37. The van der Waals surface area contributed by atoms with Gasteiger partial charge in [0.25, 0.3) is 0 Å². The summed E-state index contributed by atoms with van der Waals surface area (Å²) >= 11 is 3.63. The first-order chi connectivity index (χ1) is 17.7. The highest BCUT2D eigenvalue weighted by Gasteiger charge is 2.28. The number of nitrogens with zero attached hydrogens (tertiary/aromatic N) is 5. The summed E-state index contributed by atoms with van der Waals surface area (Å²) < 4.78 is 8.42. The van der Waals surface area contributed by atoms with Crippen LogP contribution in [0.5, 0.6) is 0 Å². The third-order valence-corrected chi connectivity index (χ3v) is 8.09. The van der Waals surface area contributed by atoms with Gasteiger partial charge in [0.15, 0.2) is 5.65 Å². The molecule has 0 saturated carbocycles. The molecule has 0 N–H and O–H groups in total. The van der Waals surface area contributed by atoms with E-state index in [2.05, 4.69) is 71.3 Å². The molecule has 7 nitrogen and oxygen atoms in total. The first kappa shape index (κ1) is 27.1. The van der Waals surface area contributed by atoms with Crippen molar-refractivity contribution >= 4 is 38.8 Å². The zero-order valence-electron chi connectivity index (χ0n) is 22.7. The fourth-order valence-electron chi connectivity index (χ4n) is 5.62. The van der Waals surface area contributed by atoms with E-state index in [0.29, 0.717) is 18.9 Å². The van der Waals surface area contributed by atoms with Crippen molar-refractivity contribution in [3.8, 4) is 11.8 Å². The number of aromatic nitrogens is 3. The number of nitriles is 1. The summed E-state index contributed by atoms with van der Waals surface area (Å²) in [4.78, 5) is 24.3. The molecule has 8 heteroatoms. The molecule has 1 saturated heterocycles. The molecule has 1 aliphatic heterocycles. The monoisotopic (exact) mass is 565 g/mol. The van der Waals surface area contributed by atoms with Crippen LogP contribution in [0.15, 0.2) is 16.6 Å². The van der Waals surface area contributed by atoms with E-state index >= 15 is 0 Å². The molecule has 2 aromatic heterocycles. The zero-order valence-corrected chi connectivity index (χ0v) is 24.3. The van der Waals surface area contributed by atoms with E-state index in [1.807, 2.05) is 6.92 Å². The number of rotatable bonds is 7. The van der Waals surface area contributed by atoms with Gasteiger partial charge in [0, 0.05) is 23.3 Å². The number of hydrogen-bond acceptors (Lipinski definition) is 6. The van der Waals surface area contributed by atoms with E-state index in [9.17, 15) is 10.1 Å². The lowest BCUT2D eigenvalue weighted by Gasteiger charge is -2.33. The van der Waals surface area contributed by atoms with Gasteiger partial charge in [0.05, 0.1) is 23.7 Å². The molecule has 0 amide bonds. The molecule has 0 radical (unpaired) electrons. The molecule has 1 aliphatic rings. The number of esters is 1. The maximum Gasteiger partial charge on any atom is 0.323 e. The van der Waals surface area contributed by atoms with E-state index in [0.717, 1.165) is 59.5 Å². The van der Waals surface area contributed by atoms with E-state index in [-0.39, 0.29) is 0 Å². The number of fused-ring (bicyclic) bond motifs is 1. The van der Waals surface area contributed by atoms with Gasteiger partial charge in [-0.15, -0.1) is 0 Å². The van der Waals surface area contributed by atoms with Gasteiger partial charge < -0.3 is 9.64 Å². The molecule has 0 spiro atoms. The SMILES string of the molecule is CCOC(=O)C(C#N)CCC1CCN(c2nc(C)nc3c2c(C)c(C)n3-c2c(C)cc(Br)cc2C)CC1. The Hall–Kier alpha value is -2.92. The quantitative estimate of drug-likeness (QED) is 0.307. The summed E-state index contributed by atoms with van der Waals surface area (Å²) in [6.07, 6.45) is 3.44. The largest absolute Gasteiger partial charge is 0.465 e. The van der Waals surface area contributed by atoms with Crippen LogP contribution in [-0.4, -0.2) is 40.2 Å². The van der Waals surface area contributed by atoms with Crippen LogP contribution < -0.4 is 4.90 Å². The number of halogens is 1. The Morgan fingerprint density at radius 2 is 1.81 bits per heavy atom. The molecule has 0 bridgehead atoms. The van der Waals surface area contributed by atoms with Crippen LogP contribution in [0.3, 0.4) is 0 Å². The summed E-state index contributed by atoms with van der Waals surface area (Å²) in [7, 11) is 0. The standard InChI is InChI=1S/C29H36BrN5O2/c1-7-37-29(36)23(16-31)9-8-22-10-12-34(13-11-22)27-25-19(4)20(5)35(28(25)33-21(6)32-27)26-17(2)14-24(30)15-18(26)3/h14-15,22-23H,7-13H2,1-6H3. The predicted molar refractivity (Wildman–Crippen MR) is 150 cm³/mol. The van der Waals surface area contributed by atoms with Crippen molar-refractivity contribution < 1.29 is 9.53 Å². The third kappa shape index (κ3) is 5.38. The highest BCUT2D eigenvalue weighted by molar-refractivity contribution is 9.10. The minimum absolute atomic E-state index is 0.309. The van der Waals surface area contributed by atoms with Gasteiger partial charge >= 0.3 is 5.97 Å². The minimum Gasteiger partial charge on any atom is -0.465 e. The maximum absolute atomic E-state index is 12.0. The molecule has 3 aromatic rings. The molecule has 1 aromatic carbocycles. The highest BCUT2D eigenvalue weighted by atomic mass is 79.9. The van der Waals surface area contributed by atoms with Crippen molar-refractivity contribution in [2.45, 2.75) is 67.2 Å². The van der Waals surface area contributed by atoms with Gasteiger partial charge in [-0.05, 0) is 102 Å². The molecule has 3 heterocycles.